The first-order chi connectivity index (χ1) is 11.5. The SMILES string of the molecule is Cc1cc(=O)[nH]c(-c2ccc(NC(=O)C3(N)CCOCC3)cc2)n1.Cl. The highest BCUT2D eigenvalue weighted by atomic mass is 35.5. The number of nitrogens with one attached hydrogen (secondary N) is 2. The van der Waals surface area contributed by atoms with Crippen molar-refractivity contribution in [1.82, 2.24) is 9.97 Å². The van der Waals surface area contributed by atoms with Crippen molar-refractivity contribution in [2.75, 3.05) is 18.5 Å². The second-order valence-corrected chi connectivity index (χ2v) is 6.04. The Morgan fingerprint density at radius 2 is 1.92 bits per heavy atom. The average Bonchev–Trinajstić information content (AvgIpc) is 2.55. The predicted molar refractivity (Wildman–Crippen MR) is 97.9 cm³/mol. The van der Waals surface area contributed by atoms with Gasteiger partial charge in [0, 0.05) is 36.2 Å². The molecule has 8 heteroatoms. The van der Waals surface area contributed by atoms with E-state index >= 15 is 0 Å². The van der Waals surface area contributed by atoms with E-state index in [1.54, 1.807) is 31.2 Å². The van der Waals surface area contributed by atoms with E-state index in [9.17, 15) is 9.59 Å². The van der Waals surface area contributed by atoms with Crippen LogP contribution in [0.3, 0.4) is 0 Å². The first-order valence-corrected chi connectivity index (χ1v) is 7.83. The van der Waals surface area contributed by atoms with Crippen molar-refractivity contribution in [2.45, 2.75) is 25.3 Å². The summed E-state index contributed by atoms with van der Waals surface area (Å²) in [5.74, 6) is 0.290. The Balaban J connectivity index is 0.00000225. The summed E-state index contributed by atoms with van der Waals surface area (Å²) in [4.78, 5) is 30.9. The number of rotatable bonds is 3. The zero-order chi connectivity index (χ0) is 17.2. The second-order valence-electron chi connectivity index (χ2n) is 6.04. The Labute approximate surface area is 151 Å². The van der Waals surface area contributed by atoms with Gasteiger partial charge in [-0.1, -0.05) is 0 Å². The fourth-order valence-corrected chi connectivity index (χ4v) is 2.65. The van der Waals surface area contributed by atoms with Crippen LogP contribution in [0.1, 0.15) is 18.5 Å². The van der Waals surface area contributed by atoms with Gasteiger partial charge >= 0.3 is 0 Å². The lowest BCUT2D eigenvalue weighted by atomic mass is 9.90. The summed E-state index contributed by atoms with van der Waals surface area (Å²) in [7, 11) is 0. The van der Waals surface area contributed by atoms with Crippen molar-refractivity contribution < 1.29 is 9.53 Å². The average molecular weight is 365 g/mol. The monoisotopic (exact) mass is 364 g/mol. The van der Waals surface area contributed by atoms with Gasteiger partial charge < -0.3 is 20.8 Å². The highest BCUT2D eigenvalue weighted by Gasteiger charge is 2.35. The van der Waals surface area contributed by atoms with Gasteiger partial charge in [-0.2, -0.15) is 0 Å². The molecule has 0 unspecified atom stereocenters. The maximum absolute atomic E-state index is 12.4. The molecule has 0 bridgehead atoms. The van der Waals surface area contributed by atoms with Gasteiger partial charge in [0.05, 0.1) is 0 Å². The van der Waals surface area contributed by atoms with Crippen molar-refractivity contribution in [3.05, 3.63) is 46.4 Å². The van der Waals surface area contributed by atoms with Crippen LogP contribution in [-0.2, 0) is 9.53 Å². The maximum Gasteiger partial charge on any atom is 0.251 e. The number of H-pyrrole nitrogens is 1. The molecule has 1 aromatic heterocycles. The summed E-state index contributed by atoms with van der Waals surface area (Å²) in [6.45, 7) is 2.76. The minimum Gasteiger partial charge on any atom is -0.381 e. The van der Waals surface area contributed by atoms with Crippen LogP contribution in [0.5, 0.6) is 0 Å². The van der Waals surface area contributed by atoms with Crippen LogP contribution in [0.25, 0.3) is 11.4 Å². The van der Waals surface area contributed by atoms with Crippen molar-refractivity contribution in [1.29, 1.82) is 0 Å². The molecule has 0 saturated carbocycles. The number of nitrogens with two attached hydrogens (primary N) is 1. The Hall–Kier alpha value is -2.22. The maximum atomic E-state index is 12.4. The molecule has 1 fully saturated rings. The van der Waals surface area contributed by atoms with E-state index in [0.717, 1.165) is 5.56 Å². The first-order valence-electron chi connectivity index (χ1n) is 7.83. The Bertz CT molecular complexity index is 798. The largest absolute Gasteiger partial charge is 0.381 e. The lowest BCUT2D eigenvalue weighted by molar-refractivity contribution is -0.124. The lowest BCUT2D eigenvalue weighted by Crippen LogP contribution is -2.54. The minimum absolute atomic E-state index is 0. The molecule has 1 saturated heterocycles. The van der Waals surface area contributed by atoms with E-state index in [2.05, 4.69) is 15.3 Å². The molecule has 1 aliphatic heterocycles. The number of aromatic amines is 1. The fourth-order valence-electron chi connectivity index (χ4n) is 2.65. The minimum atomic E-state index is -0.889. The predicted octanol–water partition coefficient (Wildman–Crippen LogP) is 1.61. The number of hydrogen-bond donors (Lipinski definition) is 3. The van der Waals surface area contributed by atoms with E-state index in [-0.39, 0.29) is 23.9 Å². The number of nitrogens with zero attached hydrogens (tertiary/aromatic N) is 1. The molecule has 0 atom stereocenters. The number of benzene rings is 1. The van der Waals surface area contributed by atoms with E-state index in [1.165, 1.54) is 6.07 Å². The van der Waals surface area contributed by atoms with Gasteiger partial charge in [0.1, 0.15) is 11.4 Å². The molecule has 2 aromatic rings. The van der Waals surface area contributed by atoms with Crippen molar-refractivity contribution in [3.63, 3.8) is 0 Å². The molecule has 0 spiro atoms. The Kier molecular flexibility index (Phi) is 5.94. The molecule has 1 aliphatic rings. The molecule has 0 aliphatic carbocycles. The second kappa shape index (κ2) is 7.77. The fraction of sp³-hybridized carbons (Fsp3) is 0.353. The van der Waals surface area contributed by atoms with Crippen LogP contribution in [-0.4, -0.2) is 34.6 Å². The number of carbonyl (C=O) groups excluding carboxylic acids is 1. The van der Waals surface area contributed by atoms with Crippen LogP contribution < -0.4 is 16.6 Å². The summed E-state index contributed by atoms with van der Waals surface area (Å²) in [5.41, 5.74) is 7.14. The zero-order valence-electron chi connectivity index (χ0n) is 13.9. The summed E-state index contributed by atoms with van der Waals surface area (Å²) >= 11 is 0. The highest BCUT2D eigenvalue weighted by molar-refractivity contribution is 5.98. The third-order valence-electron chi connectivity index (χ3n) is 4.12. The summed E-state index contributed by atoms with van der Waals surface area (Å²) in [5, 5.41) is 2.84. The summed E-state index contributed by atoms with van der Waals surface area (Å²) in [6.07, 6.45) is 1.01. The standard InChI is InChI=1S/C17H20N4O3.ClH/c1-11-10-14(22)21-15(19-11)12-2-4-13(5-3-12)20-16(23)17(18)6-8-24-9-7-17;/h2-5,10H,6-9,18H2,1H3,(H,20,23)(H,19,21,22);1H. The number of anilines is 1. The normalized spacial score (nSPS) is 15.9. The van der Waals surface area contributed by atoms with Gasteiger partial charge in [0.2, 0.25) is 5.91 Å². The third-order valence-corrected chi connectivity index (χ3v) is 4.12. The van der Waals surface area contributed by atoms with Gasteiger partial charge in [-0.3, -0.25) is 9.59 Å². The van der Waals surface area contributed by atoms with Crippen LogP contribution in [0.2, 0.25) is 0 Å². The quantitative estimate of drug-likeness (QED) is 0.766. The molecular weight excluding hydrogens is 344 g/mol. The van der Waals surface area contributed by atoms with Gasteiger partial charge in [-0.25, -0.2) is 4.98 Å². The van der Waals surface area contributed by atoms with Crippen molar-refractivity contribution in [3.8, 4) is 11.4 Å². The first kappa shape index (κ1) is 19.1. The Morgan fingerprint density at radius 1 is 1.28 bits per heavy atom. The van der Waals surface area contributed by atoms with E-state index in [0.29, 0.717) is 43.3 Å². The van der Waals surface area contributed by atoms with E-state index in [1.807, 2.05) is 0 Å². The van der Waals surface area contributed by atoms with Crippen LogP contribution in [0.4, 0.5) is 5.69 Å². The van der Waals surface area contributed by atoms with E-state index < -0.39 is 5.54 Å². The highest BCUT2D eigenvalue weighted by Crippen LogP contribution is 2.22. The topological polar surface area (TPSA) is 110 Å². The zero-order valence-corrected chi connectivity index (χ0v) is 14.7. The van der Waals surface area contributed by atoms with Crippen LogP contribution in [0.15, 0.2) is 35.1 Å². The lowest BCUT2D eigenvalue weighted by Gasteiger charge is -2.31. The number of aromatic nitrogens is 2. The van der Waals surface area contributed by atoms with Crippen molar-refractivity contribution in [2.24, 2.45) is 5.73 Å². The number of amides is 1. The Morgan fingerprint density at radius 3 is 2.52 bits per heavy atom. The smallest absolute Gasteiger partial charge is 0.251 e. The number of ether oxygens (including phenoxy) is 1. The molecule has 2 heterocycles. The number of carbonyl (C=O) groups is 1. The summed E-state index contributed by atoms with van der Waals surface area (Å²) < 4.78 is 5.25. The van der Waals surface area contributed by atoms with Gasteiger partial charge in [0.25, 0.3) is 5.56 Å². The van der Waals surface area contributed by atoms with Gasteiger partial charge in [-0.05, 0) is 44.0 Å². The molecule has 1 amide bonds. The molecule has 4 N–H and O–H groups in total. The molecular formula is C17H21ClN4O3. The van der Waals surface area contributed by atoms with E-state index in [4.69, 9.17) is 10.5 Å². The van der Waals surface area contributed by atoms with Crippen LogP contribution >= 0.6 is 12.4 Å². The molecule has 134 valence electrons. The number of hydrogen-bond acceptors (Lipinski definition) is 5. The number of halogens is 1. The number of aryl methyl sites for hydroxylation is 1. The molecule has 25 heavy (non-hydrogen) atoms. The third kappa shape index (κ3) is 4.45. The van der Waals surface area contributed by atoms with Crippen LogP contribution in [0, 0.1) is 6.92 Å². The molecule has 7 nitrogen and oxygen atoms in total. The molecule has 1 aromatic carbocycles. The summed E-state index contributed by atoms with van der Waals surface area (Å²) in [6, 6.07) is 8.55. The van der Waals surface area contributed by atoms with Crippen molar-refractivity contribution >= 4 is 24.0 Å². The van der Waals surface area contributed by atoms with Gasteiger partial charge in [0.15, 0.2) is 0 Å². The molecule has 3 rings (SSSR count). The molecule has 0 radical (unpaired) electrons. The van der Waals surface area contributed by atoms with Gasteiger partial charge in [-0.15, -0.1) is 12.4 Å².